The van der Waals surface area contributed by atoms with Gasteiger partial charge < -0.3 is 14.8 Å². The lowest BCUT2D eigenvalue weighted by Crippen LogP contribution is -2.32. The molecular formula is C28H28N2O4. The summed E-state index contributed by atoms with van der Waals surface area (Å²) in [4.78, 5) is 28.7. The van der Waals surface area contributed by atoms with Gasteiger partial charge in [0.25, 0.3) is 11.8 Å². The number of carbonyl (C=O) groups excluding carboxylic acids is 2. The molecule has 0 saturated carbocycles. The summed E-state index contributed by atoms with van der Waals surface area (Å²) in [5, 5.41) is 3.19. The molecule has 6 heteroatoms. The number of benzene rings is 3. The zero-order valence-corrected chi connectivity index (χ0v) is 19.8. The fourth-order valence-electron chi connectivity index (χ4n) is 3.85. The number of methoxy groups -OCH3 is 1. The first kappa shape index (κ1) is 23.1. The van der Waals surface area contributed by atoms with Gasteiger partial charge >= 0.3 is 0 Å². The highest BCUT2D eigenvalue weighted by Crippen LogP contribution is 2.38. The van der Waals surface area contributed by atoms with Crippen molar-refractivity contribution in [2.75, 3.05) is 23.9 Å². The highest BCUT2D eigenvalue weighted by atomic mass is 16.5. The fourth-order valence-corrected chi connectivity index (χ4v) is 3.85. The summed E-state index contributed by atoms with van der Waals surface area (Å²) in [6, 6.07) is 20.1. The Bertz CT molecular complexity index is 1280. The van der Waals surface area contributed by atoms with E-state index in [4.69, 9.17) is 9.47 Å². The number of rotatable bonds is 8. The van der Waals surface area contributed by atoms with Gasteiger partial charge in [0.05, 0.1) is 25.0 Å². The van der Waals surface area contributed by atoms with Gasteiger partial charge in [0.1, 0.15) is 17.2 Å². The molecule has 1 aliphatic heterocycles. The van der Waals surface area contributed by atoms with Crippen molar-refractivity contribution in [2.24, 2.45) is 0 Å². The molecule has 0 atom stereocenters. The topological polar surface area (TPSA) is 67.9 Å². The lowest BCUT2D eigenvalue weighted by molar-refractivity contribution is -0.120. The number of carbonyl (C=O) groups is 2. The number of hydrogen-bond acceptors (Lipinski definition) is 5. The zero-order valence-electron chi connectivity index (χ0n) is 19.8. The number of para-hydroxylation sites is 2. The molecule has 1 heterocycles. The molecule has 0 spiro atoms. The van der Waals surface area contributed by atoms with E-state index in [0.717, 1.165) is 17.5 Å². The molecule has 1 N–H and O–H groups in total. The quantitative estimate of drug-likeness (QED) is 0.454. The standard InChI is InChI=1S/C28H28N2O4/c1-5-15-34-24-12-7-6-11-23(24)30-27(31)25(20-14-13-18(2)19(3)16-20)26(28(30)32)29-21-9-8-10-22(17-21)33-4/h6-14,16-17,29H,5,15H2,1-4H3. The van der Waals surface area contributed by atoms with Gasteiger partial charge in [-0.2, -0.15) is 0 Å². The van der Waals surface area contributed by atoms with E-state index in [2.05, 4.69) is 5.32 Å². The van der Waals surface area contributed by atoms with E-state index < -0.39 is 11.8 Å². The smallest absolute Gasteiger partial charge is 0.282 e. The van der Waals surface area contributed by atoms with Crippen LogP contribution in [0.1, 0.15) is 30.0 Å². The van der Waals surface area contributed by atoms with Gasteiger partial charge in [-0.15, -0.1) is 0 Å². The van der Waals surface area contributed by atoms with Crippen LogP contribution in [0.5, 0.6) is 11.5 Å². The molecule has 0 unspecified atom stereocenters. The summed E-state index contributed by atoms with van der Waals surface area (Å²) >= 11 is 0. The molecular weight excluding hydrogens is 428 g/mol. The second kappa shape index (κ2) is 9.83. The van der Waals surface area contributed by atoms with Crippen molar-refractivity contribution in [3.8, 4) is 11.5 Å². The van der Waals surface area contributed by atoms with Crippen molar-refractivity contribution in [1.29, 1.82) is 0 Å². The first-order valence-electron chi connectivity index (χ1n) is 11.3. The molecule has 0 radical (unpaired) electrons. The third-order valence-corrected chi connectivity index (χ3v) is 5.79. The van der Waals surface area contributed by atoms with Crippen LogP contribution >= 0.6 is 0 Å². The number of nitrogens with zero attached hydrogens (tertiary/aromatic N) is 1. The van der Waals surface area contributed by atoms with Crippen LogP contribution < -0.4 is 19.7 Å². The lowest BCUT2D eigenvalue weighted by atomic mass is 9.99. The molecule has 1 aliphatic rings. The van der Waals surface area contributed by atoms with Gasteiger partial charge in [-0.3, -0.25) is 9.59 Å². The average Bonchev–Trinajstić information content (AvgIpc) is 3.08. The monoisotopic (exact) mass is 456 g/mol. The SMILES string of the molecule is CCCOc1ccccc1N1C(=O)C(Nc2cccc(OC)c2)=C(c2ccc(C)c(C)c2)C1=O. The van der Waals surface area contributed by atoms with Gasteiger partial charge in [-0.25, -0.2) is 4.90 Å². The molecule has 0 fully saturated rings. The third kappa shape index (κ3) is 4.39. The predicted molar refractivity (Wildman–Crippen MR) is 134 cm³/mol. The number of amides is 2. The Morgan fingerprint density at radius 3 is 2.41 bits per heavy atom. The summed E-state index contributed by atoms with van der Waals surface area (Å²) in [5.41, 5.74) is 4.44. The lowest BCUT2D eigenvalue weighted by Gasteiger charge is -2.19. The van der Waals surface area contributed by atoms with Gasteiger partial charge in [0.15, 0.2) is 0 Å². The molecule has 174 valence electrons. The zero-order chi connectivity index (χ0) is 24.2. The number of aryl methyl sites for hydroxylation is 2. The molecule has 2 amide bonds. The summed E-state index contributed by atoms with van der Waals surface area (Å²) in [6.07, 6.45) is 0.811. The van der Waals surface area contributed by atoms with Crippen molar-refractivity contribution in [1.82, 2.24) is 0 Å². The van der Waals surface area contributed by atoms with Gasteiger partial charge in [-0.1, -0.05) is 43.3 Å². The van der Waals surface area contributed by atoms with Crippen molar-refractivity contribution < 1.29 is 19.1 Å². The summed E-state index contributed by atoms with van der Waals surface area (Å²) in [5.74, 6) is 0.304. The largest absolute Gasteiger partial charge is 0.497 e. The van der Waals surface area contributed by atoms with Gasteiger partial charge in [0, 0.05) is 11.8 Å². The van der Waals surface area contributed by atoms with E-state index in [1.807, 2.05) is 63.2 Å². The second-order valence-electron chi connectivity index (χ2n) is 8.17. The number of hydrogen-bond donors (Lipinski definition) is 1. The molecule has 34 heavy (non-hydrogen) atoms. The van der Waals surface area contributed by atoms with E-state index in [1.54, 1.807) is 31.4 Å². The fraction of sp³-hybridized carbons (Fsp3) is 0.214. The highest BCUT2D eigenvalue weighted by Gasteiger charge is 2.41. The molecule has 0 aromatic heterocycles. The Morgan fingerprint density at radius 1 is 0.882 bits per heavy atom. The molecule has 4 rings (SSSR count). The summed E-state index contributed by atoms with van der Waals surface area (Å²) in [7, 11) is 1.58. The van der Waals surface area contributed by atoms with Crippen LogP contribution in [0.4, 0.5) is 11.4 Å². The van der Waals surface area contributed by atoms with Gasteiger partial charge in [-0.05, 0) is 61.2 Å². The normalized spacial score (nSPS) is 13.5. The second-order valence-corrected chi connectivity index (χ2v) is 8.17. The first-order valence-corrected chi connectivity index (χ1v) is 11.3. The Morgan fingerprint density at radius 2 is 1.68 bits per heavy atom. The minimum atomic E-state index is -0.436. The van der Waals surface area contributed by atoms with Crippen molar-refractivity contribution >= 4 is 28.8 Å². The van der Waals surface area contributed by atoms with E-state index in [0.29, 0.717) is 40.6 Å². The Labute approximate surface area is 199 Å². The van der Waals surface area contributed by atoms with Crippen molar-refractivity contribution in [3.05, 3.63) is 89.1 Å². The Kier molecular flexibility index (Phi) is 6.68. The van der Waals surface area contributed by atoms with Crippen LogP contribution in [0.2, 0.25) is 0 Å². The number of ether oxygens (including phenoxy) is 2. The molecule has 0 bridgehead atoms. The number of anilines is 2. The third-order valence-electron chi connectivity index (χ3n) is 5.79. The average molecular weight is 457 g/mol. The highest BCUT2D eigenvalue weighted by molar-refractivity contribution is 6.46. The van der Waals surface area contributed by atoms with E-state index in [1.165, 1.54) is 4.90 Å². The molecule has 0 aliphatic carbocycles. The molecule has 3 aromatic carbocycles. The summed E-state index contributed by atoms with van der Waals surface area (Å²) < 4.78 is 11.2. The van der Waals surface area contributed by atoms with Crippen LogP contribution in [-0.2, 0) is 9.59 Å². The predicted octanol–water partition coefficient (Wildman–Crippen LogP) is 5.50. The van der Waals surface area contributed by atoms with Crippen molar-refractivity contribution in [2.45, 2.75) is 27.2 Å². The van der Waals surface area contributed by atoms with Gasteiger partial charge in [0.2, 0.25) is 0 Å². The van der Waals surface area contributed by atoms with Crippen LogP contribution in [-0.4, -0.2) is 25.5 Å². The minimum Gasteiger partial charge on any atom is -0.497 e. The van der Waals surface area contributed by atoms with E-state index in [9.17, 15) is 9.59 Å². The maximum absolute atomic E-state index is 13.8. The Balaban J connectivity index is 1.83. The summed E-state index contributed by atoms with van der Waals surface area (Å²) in [6.45, 7) is 6.49. The van der Waals surface area contributed by atoms with Crippen molar-refractivity contribution in [3.63, 3.8) is 0 Å². The number of nitrogens with one attached hydrogen (secondary N) is 1. The maximum Gasteiger partial charge on any atom is 0.282 e. The van der Waals surface area contributed by atoms with E-state index in [-0.39, 0.29) is 5.70 Å². The van der Waals surface area contributed by atoms with Crippen LogP contribution in [0, 0.1) is 13.8 Å². The molecule has 3 aromatic rings. The van der Waals surface area contributed by atoms with E-state index >= 15 is 0 Å². The van der Waals surface area contributed by atoms with Crippen LogP contribution in [0.15, 0.2) is 72.4 Å². The number of imide groups is 1. The van der Waals surface area contributed by atoms with Crippen LogP contribution in [0.3, 0.4) is 0 Å². The molecule has 6 nitrogen and oxygen atoms in total. The Hall–Kier alpha value is -4.06. The maximum atomic E-state index is 13.8. The first-order chi connectivity index (χ1) is 16.4. The van der Waals surface area contributed by atoms with Crippen LogP contribution in [0.25, 0.3) is 5.57 Å². The minimum absolute atomic E-state index is 0.215. The molecule has 0 saturated heterocycles.